The van der Waals surface area contributed by atoms with E-state index in [9.17, 15) is 18.0 Å². The van der Waals surface area contributed by atoms with Crippen molar-refractivity contribution in [2.75, 3.05) is 13.7 Å². The predicted octanol–water partition coefficient (Wildman–Crippen LogP) is 5.24. The lowest BCUT2D eigenvalue weighted by atomic mass is 9.73. The number of carbonyl (C=O) groups is 1. The normalized spacial score (nSPS) is 22.8. The van der Waals surface area contributed by atoms with Crippen LogP contribution in [0.5, 0.6) is 5.88 Å². The molecule has 0 radical (unpaired) electrons. The number of esters is 1. The molecule has 0 aliphatic carbocycles. The lowest BCUT2D eigenvalue weighted by Gasteiger charge is -2.35. The highest BCUT2D eigenvalue weighted by atomic mass is 19.4. The van der Waals surface area contributed by atoms with Crippen LogP contribution in [0.2, 0.25) is 0 Å². The van der Waals surface area contributed by atoms with E-state index in [1.54, 1.807) is 6.92 Å². The number of halogens is 3. The first-order chi connectivity index (χ1) is 16.4. The summed E-state index contributed by atoms with van der Waals surface area (Å²) in [7, 11) is 1.35. The van der Waals surface area contributed by atoms with Gasteiger partial charge in [0.25, 0.3) is 0 Å². The van der Waals surface area contributed by atoms with E-state index in [0.717, 1.165) is 23.4 Å². The molecule has 1 aromatic heterocycles. The van der Waals surface area contributed by atoms with Gasteiger partial charge in [0, 0.05) is 17.7 Å². The number of carbonyl (C=O) groups excluding carboxylic acids is 1. The predicted molar refractivity (Wildman–Crippen MR) is 125 cm³/mol. The highest BCUT2D eigenvalue weighted by Gasteiger charge is 2.53. The van der Waals surface area contributed by atoms with Crippen molar-refractivity contribution in [2.24, 2.45) is 11.3 Å². The zero-order valence-corrected chi connectivity index (χ0v) is 20.9. The van der Waals surface area contributed by atoms with Crippen LogP contribution in [0.3, 0.4) is 0 Å². The molecule has 6 nitrogen and oxygen atoms in total. The van der Waals surface area contributed by atoms with Gasteiger partial charge in [0.1, 0.15) is 6.04 Å². The molecule has 1 aliphatic rings. The largest absolute Gasteiger partial charge is 0.481 e. The fourth-order valence-electron chi connectivity index (χ4n) is 4.76. The minimum Gasteiger partial charge on any atom is -0.481 e. The molecular weight excluding hydrogens is 461 g/mol. The van der Waals surface area contributed by atoms with Gasteiger partial charge in [0.2, 0.25) is 5.88 Å². The van der Waals surface area contributed by atoms with Crippen molar-refractivity contribution in [3.8, 4) is 5.88 Å². The molecule has 1 N–H and O–H groups in total. The van der Waals surface area contributed by atoms with Gasteiger partial charge >= 0.3 is 12.1 Å². The van der Waals surface area contributed by atoms with Gasteiger partial charge in [0.05, 0.1) is 38.0 Å². The number of aromatic nitrogens is 1. The third-order valence-electron chi connectivity index (χ3n) is 6.34. The summed E-state index contributed by atoms with van der Waals surface area (Å²) in [6.07, 6.45) is -4.34. The van der Waals surface area contributed by atoms with Crippen LogP contribution in [0.15, 0.2) is 36.5 Å². The first-order valence-corrected chi connectivity index (χ1v) is 11.6. The Morgan fingerprint density at radius 2 is 1.86 bits per heavy atom. The van der Waals surface area contributed by atoms with E-state index >= 15 is 0 Å². The average molecular weight is 495 g/mol. The van der Waals surface area contributed by atoms with E-state index in [1.807, 2.05) is 52.0 Å². The molecule has 35 heavy (non-hydrogen) atoms. The summed E-state index contributed by atoms with van der Waals surface area (Å²) in [4.78, 5) is 16.8. The van der Waals surface area contributed by atoms with Crippen molar-refractivity contribution >= 4 is 5.97 Å². The van der Waals surface area contributed by atoms with Crippen LogP contribution in [0.1, 0.15) is 56.0 Å². The molecular formula is C26H33F3N2O4. The Hall–Kier alpha value is -2.65. The van der Waals surface area contributed by atoms with Crippen LogP contribution >= 0.6 is 0 Å². The van der Waals surface area contributed by atoms with E-state index in [0.29, 0.717) is 0 Å². The van der Waals surface area contributed by atoms with Gasteiger partial charge in [-0.15, -0.1) is 0 Å². The zero-order valence-electron chi connectivity index (χ0n) is 20.9. The SMILES string of the molecule is CCOC(=O)[C@H]1N[C@@H](c2ccccc2C)[C@@H](OCc2cc(C(F)(F)F)cnc2OC)[C@@H]1C(C)(C)C. The fourth-order valence-corrected chi connectivity index (χ4v) is 4.76. The number of alkyl halides is 3. The van der Waals surface area contributed by atoms with Crippen LogP contribution in [-0.2, 0) is 27.1 Å². The topological polar surface area (TPSA) is 69.7 Å². The maximum Gasteiger partial charge on any atom is 0.417 e. The molecule has 3 rings (SSSR count). The van der Waals surface area contributed by atoms with Crippen molar-refractivity contribution in [1.82, 2.24) is 10.3 Å². The van der Waals surface area contributed by atoms with E-state index < -0.39 is 23.9 Å². The first kappa shape index (κ1) is 26.9. The molecule has 0 unspecified atom stereocenters. The molecule has 2 aromatic rings. The zero-order chi connectivity index (χ0) is 26.0. The molecule has 0 saturated carbocycles. The standard InChI is InChI=1S/C26H33F3N2O4/c1-7-34-24(32)21-19(25(3,4)5)22(20(31-21)18-11-9-8-10-15(18)2)35-14-16-12-17(26(27,28)29)13-30-23(16)33-6/h8-13,19-22,31H,7,14H2,1-6H3/t19-,20+,21+,22+/m1/s1. The summed E-state index contributed by atoms with van der Waals surface area (Å²) in [5, 5.41) is 3.41. The number of methoxy groups -OCH3 is 1. The fraction of sp³-hybridized carbons (Fsp3) is 0.538. The summed E-state index contributed by atoms with van der Waals surface area (Å²) in [5.74, 6) is -0.642. The Labute approximate surface area is 204 Å². The molecule has 1 saturated heterocycles. The van der Waals surface area contributed by atoms with Gasteiger partial charge in [-0.2, -0.15) is 13.2 Å². The molecule has 1 aromatic carbocycles. The van der Waals surface area contributed by atoms with Gasteiger partial charge in [-0.05, 0) is 36.5 Å². The van der Waals surface area contributed by atoms with Crippen LogP contribution < -0.4 is 10.1 Å². The number of nitrogens with one attached hydrogen (secondary N) is 1. The molecule has 1 fully saturated rings. The number of aryl methyl sites for hydroxylation is 1. The van der Waals surface area contributed by atoms with Crippen molar-refractivity contribution in [2.45, 2.75) is 65.6 Å². The van der Waals surface area contributed by atoms with E-state index in [-0.39, 0.29) is 48.0 Å². The first-order valence-electron chi connectivity index (χ1n) is 11.6. The van der Waals surface area contributed by atoms with Gasteiger partial charge in [0.15, 0.2) is 0 Å². The van der Waals surface area contributed by atoms with Crippen LogP contribution in [0, 0.1) is 18.3 Å². The Morgan fingerprint density at radius 1 is 1.17 bits per heavy atom. The molecule has 9 heteroatoms. The van der Waals surface area contributed by atoms with Gasteiger partial charge in [-0.3, -0.25) is 10.1 Å². The van der Waals surface area contributed by atoms with E-state index in [2.05, 4.69) is 10.3 Å². The van der Waals surface area contributed by atoms with E-state index in [4.69, 9.17) is 14.2 Å². The number of rotatable bonds is 7. The number of hydrogen-bond donors (Lipinski definition) is 1. The Balaban J connectivity index is 2.02. The van der Waals surface area contributed by atoms with Crippen molar-refractivity contribution in [1.29, 1.82) is 0 Å². The number of pyridine rings is 1. The highest BCUT2D eigenvalue weighted by Crippen LogP contribution is 2.45. The summed E-state index contributed by atoms with van der Waals surface area (Å²) in [6, 6.07) is 7.73. The molecule has 0 bridgehead atoms. The van der Waals surface area contributed by atoms with Gasteiger partial charge in [-0.25, -0.2) is 4.98 Å². The number of benzene rings is 1. The maximum atomic E-state index is 13.3. The average Bonchev–Trinajstić information content (AvgIpc) is 3.17. The second kappa shape index (κ2) is 10.5. The molecule has 1 aliphatic heterocycles. The summed E-state index contributed by atoms with van der Waals surface area (Å²) < 4.78 is 56.9. The van der Waals surface area contributed by atoms with Crippen LogP contribution in [-0.4, -0.2) is 36.8 Å². The number of ether oxygens (including phenoxy) is 3. The lowest BCUT2D eigenvalue weighted by molar-refractivity contribution is -0.148. The Morgan fingerprint density at radius 3 is 2.43 bits per heavy atom. The third-order valence-corrected chi connectivity index (χ3v) is 6.34. The smallest absolute Gasteiger partial charge is 0.417 e. The molecule has 4 atom stereocenters. The van der Waals surface area contributed by atoms with Crippen molar-refractivity contribution in [3.63, 3.8) is 0 Å². The third kappa shape index (κ3) is 5.95. The molecule has 0 amide bonds. The number of nitrogens with zero attached hydrogens (tertiary/aromatic N) is 1. The van der Waals surface area contributed by atoms with Crippen LogP contribution in [0.4, 0.5) is 13.2 Å². The Bertz CT molecular complexity index is 1040. The lowest BCUT2D eigenvalue weighted by Crippen LogP contribution is -2.44. The minimum absolute atomic E-state index is 0.0608. The molecule has 0 spiro atoms. The van der Waals surface area contributed by atoms with Crippen molar-refractivity contribution < 1.29 is 32.2 Å². The number of hydrogen-bond acceptors (Lipinski definition) is 6. The summed E-state index contributed by atoms with van der Waals surface area (Å²) in [6.45, 7) is 9.81. The second-order valence-electron chi connectivity index (χ2n) is 9.79. The van der Waals surface area contributed by atoms with Gasteiger partial charge < -0.3 is 14.2 Å². The minimum atomic E-state index is -4.55. The Kier molecular flexibility index (Phi) is 8.11. The van der Waals surface area contributed by atoms with Crippen molar-refractivity contribution in [3.05, 3.63) is 58.8 Å². The van der Waals surface area contributed by atoms with E-state index in [1.165, 1.54) is 7.11 Å². The van der Waals surface area contributed by atoms with Crippen LogP contribution in [0.25, 0.3) is 0 Å². The summed E-state index contributed by atoms with van der Waals surface area (Å²) in [5.41, 5.74) is 0.872. The monoisotopic (exact) mass is 494 g/mol. The van der Waals surface area contributed by atoms with Gasteiger partial charge in [-0.1, -0.05) is 45.0 Å². The molecule has 192 valence electrons. The maximum absolute atomic E-state index is 13.3. The summed E-state index contributed by atoms with van der Waals surface area (Å²) >= 11 is 0. The second-order valence-corrected chi connectivity index (χ2v) is 9.79. The quantitative estimate of drug-likeness (QED) is 0.531. The highest BCUT2D eigenvalue weighted by molar-refractivity contribution is 5.77. The molecule has 2 heterocycles.